The molecule has 1 rings (SSSR count). The zero-order valence-electron chi connectivity index (χ0n) is 13.7. The van der Waals surface area contributed by atoms with Crippen molar-refractivity contribution in [1.29, 1.82) is 0 Å². The molecule has 122 valence electrons. The molecule has 1 atom stereocenters. The fourth-order valence-electron chi connectivity index (χ4n) is 1.97. The predicted octanol–water partition coefficient (Wildman–Crippen LogP) is 3.08. The molecular formula is C17H25NO4. The lowest BCUT2D eigenvalue weighted by atomic mass is 10.0. The summed E-state index contributed by atoms with van der Waals surface area (Å²) in [4.78, 5) is 23.4. The number of nitrogens with one attached hydrogen (secondary N) is 1. The van der Waals surface area contributed by atoms with Crippen molar-refractivity contribution in [1.82, 2.24) is 5.32 Å². The standard InChI is InChI=1S/C17H25NO4/c1-17(2,3)22-16(20)18-14(12-15(19)21-4)11-10-13-8-6-5-7-9-13/h5-9,14H,10-12H2,1-4H3,(H,18,20)/t14-/m1/s1. The Hall–Kier alpha value is -2.04. The van der Waals surface area contributed by atoms with E-state index in [1.54, 1.807) is 20.8 Å². The summed E-state index contributed by atoms with van der Waals surface area (Å²) >= 11 is 0. The summed E-state index contributed by atoms with van der Waals surface area (Å²) in [5.41, 5.74) is 0.586. The SMILES string of the molecule is COC(=O)C[C@@H](CCc1ccccc1)NC(=O)OC(C)(C)C. The summed E-state index contributed by atoms with van der Waals surface area (Å²) in [5.74, 6) is -0.353. The van der Waals surface area contributed by atoms with E-state index in [9.17, 15) is 9.59 Å². The van der Waals surface area contributed by atoms with E-state index in [0.29, 0.717) is 6.42 Å². The van der Waals surface area contributed by atoms with Crippen LogP contribution in [0.4, 0.5) is 4.79 Å². The highest BCUT2D eigenvalue weighted by atomic mass is 16.6. The van der Waals surface area contributed by atoms with Gasteiger partial charge in [0.1, 0.15) is 5.60 Å². The third-order valence-corrected chi connectivity index (χ3v) is 2.99. The molecule has 0 aliphatic heterocycles. The van der Waals surface area contributed by atoms with E-state index < -0.39 is 11.7 Å². The van der Waals surface area contributed by atoms with Crippen molar-refractivity contribution in [2.75, 3.05) is 7.11 Å². The summed E-state index contributed by atoms with van der Waals surface area (Å²) in [7, 11) is 1.34. The van der Waals surface area contributed by atoms with Gasteiger partial charge in [-0.25, -0.2) is 4.79 Å². The van der Waals surface area contributed by atoms with Gasteiger partial charge in [0.05, 0.1) is 13.5 Å². The smallest absolute Gasteiger partial charge is 0.407 e. The molecule has 22 heavy (non-hydrogen) atoms. The third-order valence-electron chi connectivity index (χ3n) is 2.99. The van der Waals surface area contributed by atoms with E-state index >= 15 is 0 Å². The quantitative estimate of drug-likeness (QED) is 0.820. The first kappa shape index (κ1) is 18.0. The third kappa shape index (κ3) is 7.67. The summed E-state index contributed by atoms with van der Waals surface area (Å²) in [6.07, 6.45) is 1.01. The Bertz CT molecular complexity index is 479. The minimum Gasteiger partial charge on any atom is -0.469 e. The number of alkyl carbamates (subject to hydrolysis) is 1. The van der Waals surface area contributed by atoms with Crippen molar-refractivity contribution in [2.45, 2.75) is 51.7 Å². The van der Waals surface area contributed by atoms with Crippen molar-refractivity contribution in [3.63, 3.8) is 0 Å². The van der Waals surface area contributed by atoms with Crippen LogP contribution in [0.3, 0.4) is 0 Å². The number of amides is 1. The number of aryl methyl sites for hydroxylation is 1. The monoisotopic (exact) mass is 307 g/mol. The molecule has 1 aromatic carbocycles. The molecular weight excluding hydrogens is 282 g/mol. The lowest BCUT2D eigenvalue weighted by Crippen LogP contribution is -2.40. The fraction of sp³-hybridized carbons (Fsp3) is 0.529. The van der Waals surface area contributed by atoms with Crippen molar-refractivity contribution < 1.29 is 19.1 Å². The first-order valence-corrected chi connectivity index (χ1v) is 7.40. The van der Waals surface area contributed by atoms with Gasteiger partial charge in [-0.05, 0) is 39.2 Å². The Morgan fingerprint density at radius 1 is 1.18 bits per heavy atom. The molecule has 0 unspecified atom stereocenters. The van der Waals surface area contributed by atoms with Gasteiger partial charge in [0, 0.05) is 6.04 Å². The molecule has 0 aliphatic carbocycles. The van der Waals surface area contributed by atoms with E-state index in [1.807, 2.05) is 30.3 Å². The topological polar surface area (TPSA) is 64.6 Å². The highest BCUT2D eigenvalue weighted by molar-refractivity contribution is 5.72. The van der Waals surface area contributed by atoms with Crippen LogP contribution >= 0.6 is 0 Å². The summed E-state index contributed by atoms with van der Waals surface area (Å²) in [6.45, 7) is 5.39. The van der Waals surface area contributed by atoms with Gasteiger partial charge in [-0.1, -0.05) is 30.3 Å². The van der Waals surface area contributed by atoms with Crippen LogP contribution in [0.1, 0.15) is 39.2 Å². The lowest BCUT2D eigenvalue weighted by Gasteiger charge is -2.23. The molecule has 5 heteroatoms. The van der Waals surface area contributed by atoms with E-state index in [1.165, 1.54) is 7.11 Å². The molecule has 0 fully saturated rings. The average molecular weight is 307 g/mol. The van der Waals surface area contributed by atoms with Gasteiger partial charge < -0.3 is 14.8 Å². The molecule has 0 saturated heterocycles. The van der Waals surface area contributed by atoms with Crippen molar-refractivity contribution in [2.24, 2.45) is 0 Å². The zero-order valence-corrected chi connectivity index (χ0v) is 13.7. The number of ether oxygens (including phenoxy) is 2. The van der Waals surface area contributed by atoms with Gasteiger partial charge >= 0.3 is 12.1 Å². The fourth-order valence-corrected chi connectivity index (χ4v) is 1.97. The molecule has 0 heterocycles. The van der Waals surface area contributed by atoms with Crippen LogP contribution in [0.2, 0.25) is 0 Å². The van der Waals surface area contributed by atoms with Gasteiger partial charge in [-0.3, -0.25) is 4.79 Å². The Kier molecular flexibility index (Phi) is 6.89. The number of carbonyl (C=O) groups excluding carboxylic acids is 2. The second-order valence-corrected chi connectivity index (χ2v) is 6.15. The first-order chi connectivity index (χ1) is 10.3. The van der Waals surface area contributed by atoms with Crippen molar-refractivity contribution in [3.05, 3.63) is 35.9 Å². The maximum Gasteiger partial charge on any atom is 0.407 e. The molecule has 5 nitrogen and oxygen atoms in total. The maximum absolute atomic E-state index is 11.9. The minimum absolute atomic E-state index is 0.128. The van der Waals surface area contributed by atoms with E-state index in [2.05, 4.69) is 10.1 Å². The highest BCUT2D eigenvalue weighted by Crippen LogP contribution is 2.11. The summed E-state index contributed by atoms with van der Waals surface area (Å²) < 4.78 is 9.92. The zero-order chi connectivity index (χ0) is 16.6. The van der Waals surface area contributed by atoms with Crippen LogP contribution in [-0.4, -0.2) is 30.8 Å². The second-order valence-electron chi connectivity index (χ2n) is 6.15. The van der Waals surface area contributed by atoms with E-state index in [4.69, 9.17) is 4.74 Å². The van der Waals surface area contributed by atoms with Gasteiger partial charge in [-0.2, -0.15) is 0 Å². The van der Waals surface area contributed by atoms with Crippen LogP contribution in [0, 0.1) is 0 Å². The number of hydrogen-bond acceptors (Lipinski definition) is 4. The normalized spacial score (nSPS) is 12.4. The minimum atomic E-state index is -0.570. The Morgan fingerprint density at radius 2 is 1.82 bits per heavy atom. The van der Waals surface area contributed by atoms with Crippen LogP contribution < -0.4 is 5.32 Å². The Labute approximate surface area is 132 Å². The van der Waals surface area contributed by atoms with Crippen LogP contribution in [-0.2, 0) is 20.7 Å². The van der Waals surface area contributed by atoms with Crippen molar-refractivity contribution in [3.8, 4) is 0 Å². The number of hydrogen-bond donors (Lipinski definition) is 1. The van der Waals surface area contributed by atoms with Crippen LogP contribution in [0.5, 0.6) is 0 Å². The molecule has 0 aliphatic rings. The summed E-state index contributed by atoms with van der Waals surface area (Å²) in [6, 6.07) is 9.60. The Morgan fingerprint density at radius 3 is 2.36 bits per heavy atom. The lowest BCUT2D eigenvalue weighted by molar-refractivity contribution is -0.141. The van der Waals surface area contributed by atoms with Gasteiger partial charge in [-0.15, -0.1) is 0 Å². The van der Waals surface area contributed by atoms with Crippen LogP contribution in [0.15, 0.2) is 30.3 Å². The Balaban J connectivity index is 2.59. The predicted molar refractivity (Wildman–Crippen MR) is 84.6 cm³/mol. The number of benzene rings is 1. The molecule has 0 bridgehead atoms. The largest absolute Gasteiger partial charge is 0.469 e. The number of esters is 1. The molecule has 1 amide bonds. The number of methoxy groups -OCH3 is 1. The second kappa shape index (κ2) is 8.41. The van der Waals surface area contributed by atoms with Crippen LogP contribution in [0.25, 0.3) is 0 Å². The molecule has 1 N–H and O–H groups in total. The average Bonchev–Trinajstić information content (AvgIpc) is 2.43. The molecule has 0 saturated carbocycles. The molecule has 0 spiro atoms. The number of rotatable bonds is 6. The van der Waals surface area contributed by atoms with E-state index in [0.717, 1.165) is 12.0 Å². The van der Waals surface area contributed by atoms with Gasteiger partial charge in [0.25, 0.3) is 0 Å². The van der Waals surface area contributed by atoms with Crippen molar-refractivity contribution >= 4 is 12.1 Å². The van der Waals surface area contributed by atoms with E-state index in [-0.39, 0.29) is 18.4 Å². The molecule has 0 aromatic heterocycles. The first-order valence-electron chi connectivity index (χ1n) is 7.40. The summed E-state index contributed by atoms with van der Waals surface area (Å²) in [5, 5.41) is 2.75. The maximum atomic E-state index is 11.9. The number of carbonyl (C=O) groups is 2. The molecule has 0 radical (unpaired) electrons. The highest BCUT2D eigenvalue weighted by Gasteiger charge is 2.21. The molecule has 1 aromatic rings. The van der Waals surface area contributed by atoms with Gasteiger partial charge in [0.15, 0.2) is 0 Å². The van der Waals surface area contributed by atoms with Gasteiger partial charge in [0.2, 0.25) is 0 Å².